The largest absolute Gasteiger partial charge is 0.486 e. The van der Waals surface area contributed by atoms with Gasteiger partial charge < -0.3 is 19.4 Å². The molecule has 2 N–H and O–H groups in total. The normalized spacial score (nSPS) is 18.0. The smallest absolute Gasteiger partial charge is 0.329 e. The summed E-state index contributed by atoms with van der Waals surface area (Å²) < 4.78 is 8.02. The maximum Gasteiger partial charge on any atom is 0.329 e. The highest BCUT2D eigenvalue weighted by Crippen LogP contribution is 2.42. The number of halogens is 2. The minimum absolute atomic E-state index is 0.106. The molecule has 4 aliphatic rings. The number of urea groups is 1. The summed E-state index contributed by atoms with van der Waals surface area (Å²) in [5, 5.41) is 17.3. The lowest BCUT2D eigenvalue weighted by Crippen LogP contribution is -2.73. The molecule has 2 aromatic carbocycles. The molecule has 1 atom stereocenters. The molecule has 336 valence electrons. The highest BCUT2D eigenvalue weighted by Gasteiger charge is 2.53. The average molecular weight is 919 g/mol. The van der Waals surface area contributed by atoms with Gasteiger partial charge in [-0.2, -0.15) is 10.2 Å². The highest BCUT2D eigenvalue weighted by molar-refractivity contribution is 6.35. The number of benzene rings is 2. The number of H-pyrrole nitrogens is 1. The van der Waals surface area contributed by atoms with Crippen LogP contribution in [-0.2, 0) is 21.4 Å². The van der Waals surface area contributed by atoms with E-state index in [1.54, 1.807) is 17.1 Å². The molecule has 0 bridgehead atoms. The number of fused-ring (bicyclic) bond motifs is 2. The first kappa shape index (κ1) is 42.7. The summed E-state index contributed by atoms with van der Waals surface area (Å²) in [4.78, 5) is 66.9. The van der Waals surface area contributed by atoms with Gasteiger partial charge in [0.1, 0.15) is 23.4 Å². The van der Waals surface area contributed by atoms with Crippen molar-refractivity contribution in [1.82, 2.24) is 45.1 Å². The summed E-state index contributed by atoms with van der Waals surface area (Å²) in [6.07, 6.45) is 8.84. The van der Waals surface area contributed by atoms with Crippen LogP contribution in [-0.4, -0.2) is 109 Å². The van der Waals surface area contributed by atoms with Gasteiger partial charge in [0.25, 0.3) is 0 Å². The molecule has 0 radical (unpaired) electrons. The number of hydrogen-bond acceptors (Lipinski definition) is 10. The summed E-state index contributed by atoms with van der Waals surface area (Å²) in [5.74, 6) is 2.46. The van der Waals surface area contributed by atoms with E-state index in [2.05, 4.69) is 42.6 Å². The van der Waals surface area contributed by atoms with Crippen molar-refractivity contribution in [2.75, 3.05) is 55.6 Å². The van der Waals surface area contributed by atoms with E-state index in [1.807, 2.05) is 66.4 Å². The van der Waals surface area contributed by atoms with Crippen molar-refractivity contribution in [3.8, 4) is 17.0 Å². The topological polar surface area (TPSA) is 175 Å². The molecular weight excluding hydrogens is 869 g/mol. The zero-order valence-electron chi connectivity index (χ0n) is 36.2. The molecule has 4 saturated heterocycles. The van der Waals surface area contributed by atoms with E-state index in [0.717, 1.165) is 77.9 Å². The Bertz CT molecular complexity index is 2800. The fourth-order valence-electron chi connectivity index (χ4n) is 9.94. The number of anilines is 2. The number of aromatic nitrogens is 6. The third kappa shape index (κ3) is 8.33. The summed E-state index contributed by atoms with van der Waals surface area (Å²) in [6.45, 7) is 6.80. The lowest BCUT2D eigenvalue weighted by Gasteiger charge is -2.60. The number of nitrogens with one attached hydrogen (secondary N) is 2. The van der Waals surface area contributed by atoms with Crippen molar-refractivity contribution in [1.29, 1.82) is 0 Å². The molecule has 1 spiro atoms. The number of amides is 5. The number of ether oxygens (including phenoxy) is 1. The lowest BCUT2D eigenvalue weighted by atomic mass is 9.72. The van der Waals surface area contributed by atoms with E-state index in [4.69, 9.17) is 32.9 Å². The van der Waals surface area contributed by atoms with Crippen molar-refractivity contribution < 1.29 is 23.9 Å². The third-order valence-corrected chi connectivity index (χ3v) is 14.1. The second-order valence-electron chi connectivity index (χ2n) is 17.9. The molecule has 4 aliphatic heterocycles. The second-order valence-corrected chi connectivity index (χ2v) is 18.7. The van der Waals surface area contributed by atoms with Crippen molar-refractivity contribution in [2.45, 2.75) is 63.9 Å². The molecule has 5 amide bonds. The monoisotopic (exact) mass is 917 g/mol. The van der Waals surface area contributed by atoms with Crippen LogP contribution in [0.25, 0.3) is 33.1 Å². The van der Waals surface area contributed by atoms with Crippen LogP contribution in [0.3, 0.4) is 0 Å². The molecule has 18 heteroatoms. The Kier molecular flexibility index (Phi) is 11.3. The Morgan fingerprint density at radius 2 is 1.62 bits per heavy atom. The number of imide groups is 1. The number of unbranched alkanes of at least 4 members (excludes halogenated alkanes) is 1. The number of likely N-dealkylation sites (tertiary alicyclic amines) is 2. The minimum Gasteiger partial charge on any atom is -0.486 e. The van der Waals surface area contributed by atoms with Gasteiger partial charge in [-0.3, -0.25) is 39.4 Å². The van der Waals surface area contributed by atoms with Crippen molar-refractivity contribution >= 4 is 80.4 Å². The third-order valence-electron chi connectivity index (χ3n) is 13.5. The predicted molar refractivity (Wildman–Crippen MR) is 247 cm³/mol. The second kappa shape index (κ2) is 17.3. The van der Waals surface area contributed by atoms with Crippen LogP contribution < -0.4 is 19.9 Å². The zero-order valence-corrected chi connectivity index (χ0v) is 37.7. The minimum atomic E-state index is -0.450. The van der Waals surface area contributed by atoms with Gasteiger partial charge in [-0.1, -0.05) is 29.3 Å². The molecule has 8 heterocycles. The SMILES string of the molecule is C[C@@H](Oc1ccc2[nH]nc(-c3ccc(N4CC5(CN(C(=O)CCCCC(=O)N6CCC(c7ccc8c(N9CCC(=O)NC9=O)nn(C)c8c7)CC6)C5)C4)nc3)c2c1)c1c(Cl)cncc1Cl. The molecule has 10 rings (SSSR count). The summed E-state index contributed by atoms with van der Waals surface area (Å²) >= 11 is 12.7. The number of aromatic amines is 1. The number of piperidine rings is 1. The Hall–Kier alpha value is -6.26. The number of hydrogen-bond donors (Lipinski definition) is 2. The van der Waals surface area contributed by atoms with Crippen LogP contribution in [0.15, 0.2) is 67.1 Å². The number of carbonyl (C=O) groups excluding carboxylic acids is 4. The van der Waals surface area contributed by atoms with E-state index in [9.17, 15) is 19.2 Å². The van der Waals surface area contributed by atoms with Crippen LogP contribution in [0.1, 0.15) is 75.0 Å². The fraction of sp³-hybridized carbons (Fsp3) is 0.404. The molecule has 4 aromatic heterocycles. The predicted octanol–water partition coefficient (Wildman–Crippen LogP) is 7.41. The summed E-state index contributed by atoms with van der Waals surface area (Å²) in [6, 6.07) is 15.6. The Morgan fingerprint density at radius 1 is 0.877 bits per heavy atom. The molecule has 4 fully saturated rings. The highest BCUT2D eigenvalue weighted by atomic mass is 35.5. The fourth-order valence-corrected chi connectivity index (χ4v) is 10.6. The number of rotatable bonds is 12. The molecular formula is C47H49Cl2N11O5. The number of nitrogens with zero attached hydrogens (tertiary/aromatic N) is 9. The standard InChI is InChI=1S/C47H49Cl2N11O5/c1-28(43-35(48)22-50-23-36(43)49)65-32-9-11-37-34(20-32)44(54-53-37)31-8-12-39(51-21-31)58-24-47(25-58)26-59(27-47)42(63)6-4-3-5-41(62)57-16-13-29(14-17-57)30-7-10-33-38(19-30)56(2)55-45(33)60-18-15-40(61)52-46(60)64/h7-12,19-23,28-29H,3-6,13-18,24-27H2,1-2H3,(H,53,54)(H,52,61,64)/t28-/m1/s1. The molecule has 16 nitrogen and oxygen atoms in total. The van der Waals surface area contributed by atoms with Crippen molar-refractivity contribution in [3.05, 3.63) is 88.3 Å². The lowest BCUT2D eigenvalue weighted by molar-refractivity contribution is -0.145. The summed E-state index contributed by atoms with van der Waals surface area (Å²) in [5.41, 5.74) is 5.43. The first-order valence-corrected chi connectivity index (χ1v) is 23.0. The van der Waals surface area contributed by atoms with E-state index in [1.165, 1.54) is 10.5 Å². The van der Waals surface area contributed by atoms with Gasteiger partial charge >= 0.3 is 6.03 Å². The number of carbonyl (C=O) groups is 4. The van der Waals surface area contributed by atoms with E-state index in [-0.39, 0.29) is 29.6 Å². The van der Waals surface area contributed by atoms with Crippen molar-refractivity contribution in [2.24, 2.45) is 12.5 Å². The Balaban J connectivity index is 0.644. The molecule has 65 heavy (non-hydrogen) atoms. The van der Waals surface area contributed by atoms with E-state index < -0.39 is 12.1 Å². The van der Waals surface area contributed by atoms with Crippen molar-refractivity contribution in [3.63, 3.8) is 0 Å². The van der Waals surface area contributed by atoms with Gasteiger partial charge in [-0.15, -0.1) is 0 Å². The van der Waals surface area contributed by atoms with Gasteiger partial charge in [0.2, 0.25) is 17.7 Å². The van der Waals surface area contributed by atoms with Crippen LogP contribution in [0, 0.1) is 5.41 Å². The Labute approximate surface area is 385 Å². The van der Waals surface area contributed by atoms with Gasteiger partial charge in [0.05, 0.1) is 21.1 Å². The van der Waals surface area contributed by atoms with Crippen LogP contribution in [0.4, 0.5) is 16.4 Å². The van der Waals surface area contributed by atoms with Crippen LogP contribution in [0.5, 0.6) is 5.75 Å². The molecule has 0 aliphatic carbocycles. The van der Waals surface area contributed by atoms with Gasteiger partial charge in [0, 0.05) is 118 Å². The number of pyridine rings is 2. The molecule has 0 unspecified atom stereocenters. The van der Waals surface area contributed by atoms with Crippen LogP contribution in [0.2, 0.25) is 10.0 Å². The molecule has 6 aromatic rings. The average Bonchev–Trinajstić information content (AvgIpc) is 3.84. The first-order chi connectivity index (χ1) is 31.4. The van der Waals surface area contributed by atoms with Gasteiger partial charge in [0.15, 0.2) is 5.82 Å². The van der Waals surface area contributed by atoms with Gasteiger partial charge in [-0.25, -0.2) is 9.78 Å². The maximum atomic E-state index is 13.2. The quantitative estimate of drug-likeness (QED) is 0.118. The zero-order chi connectivity index (χ0) is 45.0. The first-order valence-electron chi connectivity index (χ1n) is 22.2. The van der Waals surface area contributed by atoms with Crippen LogP contribution >= 0.6 is 23.2 Å². The number of aryl methyl sites for hydroxylation is 1. The molecule has 0 saturated carbocycles. The Morgan fingerprint density at radius 3 is 2.32 bits per heavy atom. The maximum absolute atomic E-state index is 13.2. The van der Waals surface area contributed by atoms with Gasteiger partial charge in [-0.05, 0) is 86.6 Å². The van der Waals surface area contributed by atoms with E-state index in [0.29, 0.717) is 78.4 Å². The van der Waals surface area contributed by atoms with E-state index >= 15 is 0 Å². The summed E-state index contributed by atoms with van der Waals surface area (Å²) in [7, 11) is 1.86.